The second kappa shape index (κ2) is 5.42. The maximum Gasteiger partial charge on any atom is 0.168 e. The topological polar surface area (TPSA) is 35.5 Å². The molecule has 128 valence electrons. The number of hydrogen-bond donors (Lipinski definition) is 0. The van der Waals surface area contributed by atoms with Crippen LogP contribution in [0.4, 0.5) is 0 Å². The molecule has 0 bridgehead atoms. The molecule has 3 atom stereocenters. The number of carbonyl (C=O) groups excluding carboxylic acids is 1. The fourth-order valence-corrected chi connectivity index (χ4v) is 6.61. The van der Waals surface area contributed by atoms with Crippen molar-refractivity contribution in [2.45, 2.75) is 71.0 Å². The van der Waals surface area contributed by atoms with Crippen molar-refractivity contribution < 1.29 is 14.3 Å². The first-order valence-electron chi connectivity index (χ1n) is 9.45. The Balaban J connectivity index is 1.68. The van der Waals surface area contributed by atoms with Gasteiger partial charge in [0.15, 0.2) is 5.79 Å². The molecule has 3 aliphatic carbocycles. The minimum atomic E-state index is -0.332. The van der Waals surface area contributed by atoms with E-state index in [4.69, 9.17) is 9.47 Å². The van der Waals surface area contributed by atoms with Gasteiger partial charge in [-0.05, 0) is 62.2 Å². The molecule has 0 aromatic rings. The van der Waals surface area contributed by atoms with E-state index < -0.39 is 0 Å². The van der Waals surface area contributed by atoms with Crippen molar-refractivity contribution in [1.82, 2.24) is 0 Å². The summed E-state index contributed by atoms with van der Waals surface area (Å²) in [6, 6.07) is 0. The van der Waals surface area contributed by atoms with Gasteiger partial charge >= 0.3 is 0 Å². The zero-order valence-electron chi connectivity index (χ0n) is 14.6. The van der Waals surface area contributed by atoms with Crippen LogP contribution in [0, 0.1) is 22.7 Å². The molecule has 1 aliphatic heterocycles. The van der Waals surface area contributed by atoms with Crippen molar-refractivity contribution in [1.29, 1.82) is 0 Å². The minimum absolute atomic E-state index is 0.147. The molecule has 1 heterocycles. The van der Waals surface area contributed by atoms with Crippen LogP contribution >= 0.6 is 0 Å². The van der Waals surface area contributed by atoms with E-state index in [0.717, 1.165) is 45.3 Å². The second-order valence-corrected chi connectivity index (χ2v) is 8.54. The van der Waals surface area contributed by atoms with Crippen LogP contribution in [0.3, 0.4) is 0 Å². The highest BCUT2D eigenvalue weighted by atomic mass is 16.7. The van der Waals surface area contributed by atoms with E-state index in [9.17, 15) is 4.79 Å². The summed E-state index contributed by atoms with van der Waals surface area (Å²) >= 11 is 0. The Morgan fingerprint density at radius 3 is 2.43 bits per heavy atom. The highest BCUT2D eigenvalue weighted by Crippen LogP contribution is 2.67. The molecule has 4 aliphatic rings. The monoisotopic (exact) mass is 318 g/mol. The van der Waals surface area contributed by atoms with Gasteiger partial charge in [0.25, 0.3) is 0 Å². The van der Waals surface area contributed by atoms with E-state index in [-0.39, 0.29) is 22.5 Å². The molecule has 0 aromatic carbocycles. The molecule has 3 fully saturated rings. The molecule has 3 nitrogen and oxygen atoms in total. The first-order valence-corrected chi connectivity index (χ1v) is 9.45. The van der Waals surface area contributed by atoms with Crippen LogP contribution in [0.2, 0.25) is 0 Å². The summed E-state index contributed by atoms with van der Waals surface area (Å²) in [6.07, 6.45) is 12.4. The summed E-state index contributed by atoms with van der Waals surface area (Å²) in [5, 5.41) is 0. The molecule has 23 heavy (non-hydrogen) atoms. The molecular formula is C20H30O3. The summed E-state index contributed by atoms with van der Waals surface area (Å²) in [6.45, 7) is 6.25. The Bertz CT molecular complexity index is 507. The lowest BCUT2D eigenvalue weighted by Gasteiger charge is -2.63. The van der Waals surface area contributed by atoms with Crippen molar-refractivity contribution in [3.05, 3.63) is 11.6 Å². The average molecular weight is 318 g/mol. The highest BCUT2D eigenvalue weighted by Gasteiger charge is 2.62. The number of ether oxygens (including phenoxy) is 2. The van der Waals surface area contributed by atoms with Crippen LogP contribution in [0.25, 0.3) is 0 Å². The van der Waals surface area contributed by atoms with Crippen molar-refractivity contribution >= 4 is 6.29 Å². The number of hydrogen-bond acceptors (Lipinski definition) is 3. The number of aldehydes is 1. The zero-order valence-corrected chi connectivity index (χ0v) is 14.6. The highest BCUT2D eigenvalue weighted by molar-refractivity contribution is 5.56. The average Bonchev–Trinajstić information content (AvgIpc) is 3.00. The van der Waals surface area contributed by atoms with Crippen LogP contribution in [-0.4, -0.2) is 25.3 Å². The first-order chi connectivity index (χ1) is 11.1. The van der Waals surface area contributed by atoms with Crippen molar-refractivity contribution in [3.63, 3.8) is 0 Å². The van der Waals surface area contributed by atoms with Gasteiger partial charge < -0.3 is 14.3 Å². The van der Waals surface area contributed by atoms with Crippen LogP contribution < -0.4 is 0 Å². The van der Waals surface area contributed by atoms with Crippen LogP contribution in [-0.2, 0) is 14.3 Å². The Morgan fingerprint density at radius 2 is 1.78 bits per heavy atom. The maximum atomic E-state index is 12.0. The molecule has 0 aromatic heterocycles. The van der Waals surface area contributed by atoms with Crippen LogP contribution in [0.1, 0.15) is 65.2 Å². The smallest absolute Gasteiger partial charge is 0.168 e. The standard InChI is InChI=1S/C20H30O3/c1-15-4-3-7-18(2)17(15)6-5-16(14-21)19(18)8-10-20(11-9-19)22-12-13-23-20/h4,14,16-17H,3,5-13H2,1-2H3/t16-,17-,18-/m0/s1. The molecule has 0 amide bonds. The lowest BCUT2D eigenvalue weighted by Crippen LogP contribution is -2.58. The van der Waals surface area contributed by atoms with Gasteiger partial charge in [-0.1, -0.05) is 18.6 Å². The van der Waals surface area contributed by atoms with Crippen molar-refractivity contribution in [2.75, 3.05) is 13.2 Å². The normalized spacial score (nSPS) is 41.6. The van der Waals surface area contributed by atoms with Gasteiger partial charge in [0.2, 0.25) is 0 Å². The van der Waals surface area contributed by atoms with E-state index in [2.05, 4.69) is 19.9 Å². The van der Waals surface area contributed by atoms with Gasteiger partial charge in [-0.15, -0.1) is 0 Å². The maximum absolute atomic E-state index is 12.0. The van der Waals surface area contributed by atoms with Gasteiger partial charge in [-0.25, -0.2) is 0 Å². The van der Waals surface area contributed by atoms with Crippen molar-refractivity contribution in [2.24, 2.45) is 22.7 Å². The number of carbonyl (C=O) groups is 1. The molecule has 1 saturated heterocycles. The van der Waals surface area contributed by atoms with Gasteiger partial charge in [0.05, 0.1) is 13.2 Å². The number of fused-ring (bicyclic) bond motifs is 2. The summed E-state index contributed by atoms with van der Waals surface area (Å²) in [5.74, 6) is 0.543. The fourth-order valence-electron chi connectivity index (χ4n) is 6.61. The third-order valence-corrected chi connectivity index (χ3v) is 7.94. The molecule has 2 spiro atoms. The van der Waals surface area contributed by atoms with Crippen molar-refractivity contribution in [3.8, 4) is 0 Å². The minimum Gasteiger partial charge on any atom is -0.348 e. The molecule has 4 rings (SSSR count). The Labute approximate surface area is 139 Å². The van der Waals surface area contributed by atoms with Gasteiger partial charge in [0.1, 0.15) is 6.29 Å². The van der Waals surface area contributed by atoms with E-state index in [1.807, 2.05) is 0 Å². The molecule has 3 heteroatoms. The summed E-state index contributed by atoms with van der Waals surface area (Å²) in [4.78, 5) is 12.0. The van der Waals surface area contributed by atoms with Gasteiger partial charge in [-0.3, -0.25) is 0 Å². The quantitative estimate of drug-likeness (QED) is 0.535. The third-order valence-electron chi connectivity index (χ3n) is 7.94. The van der Waals surface area contributed by atoms with Gasteiger partial charge in [-0.2, -0.15) is 0 Å². The Kier molecular flexibility index (Phi) is 3.73. The first kappa shape index (κ1) is 15.8. The van der Waals surface area contributed by atoms with E-state index in [1.165, 1.54) is 25.5 Å². The second-order valence-electron chi connectivity index (χ2n) is 8.54. The van der Waals surface area contributed by atoms with E-state index >= 15 is 0 Å². The molecule has 0 N–H and O–H groups in total. The van der Waals surface area contributed by atoms with E-state index in [1.54, 1.807) is 5.57 Å². The lowest BCUT2D eigenvalue weighted by molar-refractivity contribution is -0.222. The molecule has 0 unspecified atom stereocenters. The summed E-state index contributed by atoms with van der Waals surface area (Å²) < 4.78 is 11.9. The summed E-state index contributed by atoms with van der Waals surface area (Å²) in [7, 11) is 0. The van der Waals surface area contributed by atoms with E-state index in [0.29, 0.717) is 5.92 Å². The Morgan fingerprint density at radius 1 is 1.09 bits per heavy atom. The SMILES string of the molecule is CC1=CCC[C@@]2(C)[C@H]1CC[C@@H](C=O)C21CCC2(CC1)OCCO2. The molecule has 0 radical (unpaired) electrons. The largest absolute Gasteiger partial charge is 0.348 e. The zero-order chi connectivity index (χ0) is 16.1. The van der Waals surface area contributed by atoms with Gasteiger partial charge in [0, 0.05) is 18.8 Å². The fraction of sp³-hybridized carbons (Fsp3) is 0.850. The van der Waals surface area contributed by atoms with Crippen LogP contribution in [0.15, 0.2) is 11.6 Å². The lowest BCUT2D eigenvalue weighted by atomic mass is 9.41. The predicted octanol–water partition coefficient (Wildman–Crippen LogP) is 4.26. The number of allylic oxidation sites excluding steroid dienone is 2. The summed E-state index contributed by atoms with van der Waals surface area (Å²) in [5.41, 5.74) is 1.97. The third kappa shape index (κ3) is 2.12. The predicted molar refractivity (Wildman–Crippen MR) is 88.9 cm³/mol. The molecule has 2 saturated carbocycles. The molecular weight excluding hydrogens is 288 g/mol. The Hall–Kier alpha value is -0.670. The number of rotatable bonds is 1. The van der Waals surface area contributed by atoms with Crippen LogP contribution in [0.5, 0.6) is 0 Å².